The van der Waals surface area contributed by atoms with Crippen molar-refractivity contribution in [2.45, 2.75) is 0 Å². The van der Waals surface area contributed by atoms with Gasteiger partial charge in [-0.05, 0) is 47.4 Å². The standard InChI is InChI=1S/C105HN/c1-2-3-4-5-6-7-8-9-10-11-12-13-14-15-16-17-18-19-20-21-22-23-24-25-26-27-28-29-30-31-32-33-34-35-36-37-38-39-40-41-42-43-44-45-46-47-48-49-50-51-52-53-54-55-56-57-58-59-60-61-62-63-64-65-66-67-68-69-70-71-72-73-74-75-76-77-78-79-80-81-82-83-84-85-86-87-88-89-90-91-92-93-94-95-96-97-98-99-100-101-102-103-104-105-106/h1H. The van der Waals surface area contributed by atoms with E-state index in [1.165, 1.54) is 0 Å². The minimum absolute atomic E-state index is 1.62. The van der Waals surface area contributed by atoms with Gasteiger partial charge in [0.05, 0.1) is 0 Å². The van der Waals surface area contributed by atoms with Gasteiger partial charge in [-0.1, -0.05) is 0 Å². The monoisotopic (exact) mass is 1280 g/mol. The zero-order chi connectivity index (χ0) is 75.5. The van der Waals surface area contributed by atoms with E-state index in [2.05, 4.69) is 610 Å². The highest BCUT2D eigenvalue weighted by Crippen LogP contribution is 1.68. The Morgan fingerprint density at radius 1 is 0.0755 bits per heavy atom. The molecule has 0 aliphatic heterocycles. The molecule has 0 rings (SSSR count). The third kappa shape index (κ3) is 80.6. The third-order valence-corrected chi connectivity index (χ3v) is 6.44. The van der Waals surface area contributed by atoms with E-state index in [0.717, 1.165) is 0 Å². The minimum atomic E-state index is 1.62. The summed E-state index contributed by atoms with van der Waals surface area (Å²) >= 11 is 0. The highest BCUT2D eigenvalue weighted by atomic mass is 14.2. The molecule has 0 aromatic rings. The Labute approximate surface area is 623 Å². The molecular formula is C105HN. The fourth-order valence-corrected chi connectivity index (χ4v) is 3.19. The van der Waals surface area contributed by atoms with Gasteiger partial charge in [-0.25, -0.2) is 0 Å². The molecular weight excluding hydrogens is 1280 g/mol. The van der Waals surface area contributed by atoms with Crippen LogP contribution in [0.3, 0.4) is 0 Å². The zero-order valence-electron chi connectivity index (χ0n) is 53.0. The first-order valence-electron chi connectivity index (χ1n) is 26.3. The SMILES string of the molecule is C#CC#CC#CC#CC#CC#CC#CC#CC#CC#CC#CC#CC#CC#CC#CC#CC#CC#CC#CC#CC#CC#CC#CC#CC#CC#CC#CC#CC#CC#CC#CC#CC#CC#CC#CC#CC#CC#CC#CC#CC#CC#CC#CC#CC#CC#CC#CC#CC#CC#CC#CC#CC#N. The Morgan fingerprint density at radius 3 is 0.170 bits per heavy atom. The molecule has 0 aliphatic carbocycles. The molecule has 0 aliphatic rings. The first kappa shape index (κ1) is 82.6. The van der Waals surface area contributed by atoms with Crippen LogP contribution < -0.4 is 0 Å². The maximum atomic E-state index is 8.22. The van der Waals surface area contributed by atoms with E-state index in [4.69, 9.17) is 11.7 Å². The lowest BCUT2D eigenvalue weighted by atomic mass is 10.4. The molecule has 0 N–H and O–H groups in total. The van der Waals surface area contributed by atoms with E-state index in [0.29, 0.717) is 0 Å². The molecule has 0 saturated heterocycles. The summed E-state index contributed by atoms with van der Waals surface area (Å²) < 4.78 is 0. The van der Waals surface area contributed by atoms with E-state index in [-0.39, 0.29) is 0 Å². The van der Waals surface area contributed by atoms with E-state index in [1.54, 1.807) is 6.07 Å². The van der Waals surface area contributed by atoms with Crippen LogP contribution in [0.5, 0.6) is 0 Å². The quantitative estimate of drug-likeness (QED) is 0.322. The van der Waals surface area contributed by atoms with Crippen molar-refractivity contribution in [2.24, 2.45) is 0 Å². The number of hydrogen-bond donors (Lipinski definition) is 0. The molecule has 0 aromatic carbocycles. The minimum Gasteiger partial charge on any atom is -0.183 e. The van der Waals surface area contributed by atoms with E-state index in [9.17, 15) is 0 Å². The Kier molecular flexibility index (Phi) is 63.6. The summed E-state index contributed by atoms with van der Waals surface area (Å²) in [6, 6.07) is 1.62. The molecule has 1 heteroatoms. The Balaban J connectivity index is 4.64. The molecule has 0 heterocycles. The van der Waals surface area contributed by atoms with E-state index >= 15 is 0 Å². The van der Waals surface area contributed by atoms with Crippen LogP contribution >= 0.6 is 0 Å². The van der Waals surface area contributed by atoms with Gasteiger partial charge in [0.1, 0.15) is 0 Å². The van der Waals surface area contributed by atoms with Gasteiger partial charge in [0.25, 0.3) is 0 Å². The van der Waals surface area contributed by atoms with Crippen LogP contribution in [0.25, 0.3) is 0 Å². The van der Waals surface area contributed by atoms with Gasteiger partial charge < -0.3 is 0 Å². The van der Waals surface area contributed by atoms with E-state index in [1.807, 2.05) is 0 Å². The molecule has 0 aromatic heterocycles. The lowest BCUT2D eigenvalue weighted by Crippen LogP contribution is -1.57. The van der Waals surface area contributed by atoms with Crippen LogP contribution in [0, 0.1) is 628 Å². The maximum Gasteiger partial charge on any atom is 0.153 e. The zero-order valence-corrected chi connectivity index (χ0v) is 53.0. The Morgan fingerprint density at radius 2 is 0.123 bits per heavy atom. The molecule has 106 heavy (non-hydrogen) atoms. The fraction of sp³-hybridized carbons (Fsp3) is 0. The molecule has 0 bridgehead atoms. The van der Waals surface area contributed by atoms with Crippen LogP contribution in [-0.2, 0) is 0 Å². The average molecular weight is 1280 g/mol. The van der Waals surface area contributed by atoms with Crippen molar-refractivity contribution >= 4 is 0 Å². The van der Waals surface area contributed by atoms with E-state index < -0.39 is 0 Å². The summed E-state index contributed by atoms with van der Waals surface area (Å²) in [5.74, 6) is 255. The van der Waals surface area contributed by atoms with Crippen LogP contribution in [0.2, 0.25) is 0 Å². The molecule has 0 unspecified atom stereocenters. The lowest BCUT2D eigenvalue weighted by Gasteiger charge is -1.58. The van der Waals surface area contributed by atoms with Gasteiger partial charge in [-0.3, -0.25) is 0 Å². The van der Waals surface area contributed by atoms with Crippen molar-refractivity contribution in [1.29, 1.82) is 5.26 Å². The van der Waals surface area contributed by atoms with Crippen LogP contribution in [0.4, 0.5) is 0 Å². The summed E-state index contributed by atoms with van der Waals surface area (Å²) in [6.45, 7) is 0. The number of rotatable bonds is 0. The molecule has 0 spiro atoms. The topological polar surface area (TPSA) is 23.8 Å². The fourth-order valence-electron chi connectivity index (χ4n) is 3.19. The highest BCUT2D eigenvalue weighted by molar-refractivity contribution is 5.56. The molecule has 0 fully saturated rings. The summed E-state index contributed by atoms with van der Waals surface area (Å²) in [7, 11) is 0. The molecule has 426 valence electrons. The second-order valence-electron chi connectivity index (χ2n) is 13.0. The van der Waals surface area contributed by atoms with Crippen molar-refractivity contribution in [3.05, 3.63) is 0 Å². The Hall–Kier alpha value is -23.4. The third-order valence-electron chi connectivity index (χ3n) is 6.44. The van der Waals surface area contributed by atoms with Gasteiger partial charge in [0, 0.05) is 562 Å². The van der Waals surface area contributed by atoms with Crippen LogP contribution in [-0.4, -0.2) is 0 Å². The number of nitriles is 1. The predicted molar refractivity (Wildman–Crippen MR) is 411 cm³/mol. The Bertz CT molecular complexity index is 7120. The largest absolute Gasteiger partial charge is 0.183 e. The summed E-state index contributed by atoms with van der Waals surface area (Å²) in [4.78, 5) is 0. The van der Waals surface area contributed by atoms with Gasteiger partial charge in [-0.15, -0.1) is 6.42 Å². The van der Waals surface area contributed by atoms with Crippen LogP contribution in [0.1, 0.15) is 0 Å². The van der Waals surface area contributed by atoms with Crippen molar-refractivity contribution in [3.8, 4) is 622 Å². The first-order valence-corrected chi connectivity index (χ1v) is 26.3. The smallest absolute Gasteiger partial charge is 0.153 e. The number of hydrogen-bond acceptors (Lipinski definition) is 1. The molecule has 0 saturated carbocycles. The number of terminal acetylenes is 1. The average Bonchev–Trinajstić information content (AvgIpc) is 3.85. The normalized spacial score (nSPS) is 3.94. The summed E-state index contributed by atoms with van der Waals surface area (Å²) in [6.07, 6.45) is 4.95. The molecule has 0 atom stereocenters. The van der Waals surface area contributed by atoms with Gasteiger partial charge >= 0.3 is 0 Å². The molecule has 1 nitrogen and oxygen atoms in total. The predicted octanol–water partition coefficient (Wildman–Crippen LogP) is 0.317. The molecule has 0 amide bonds. The second kappa shape index (κ2) is 81.6. The van der Waals surface area contributed by atoms with Crippen LogP contribution in [0.15, 0.2) is 0 Å². The summed E-state index contributed by atoms with van der Waals surface area (Å²) in [5, 5.41) is 8.22. The molecule has 0 radical (unpaired) electrons. The van der Waals surface area contributed by atoms with Gasteiger partial charge in [-0.2, -0.15) is 5.26 Å². The number of nitrogens with zero attached hydrogens (tertiary/aromatic N) is 1. The van der Waals surface area contributed by atoms with Crippen molar-refractivity contribution in [2.75, 3.05) is 0 Å². The summed E-state index contributed by atoms with van der Waals surface area (Å²) in [5.41, 5.74) is 0. The maximum absolute atomic E-state index is 8.22. The van der Waals surface area contributed by atoms with Gasteiger partial charge in [0.2, 0.25) is 0 Å². The second-order valence-corrected chi connectivity index (χ2v) is 13.0. The highest BCUT2D eigenvalue weighted by Gasteiger charge is 1.68. The van der Waals surface area contributed by atoms with Gasteiger partial charge in [0.15, 0.2) is 6.07 Å². The van der Waals surface area contributed by atoms with Crippen molar-refractivity contribution in [3.63, 3.8) is 0 Å². The van der Waals surface area contributed by atoms with Crippen molar-refractivity contribution in [1.82, 2.24) is 0 Å². The lowest BCUT2D eigenvalue weighted by molar-refractivity contribution is 1.55. The van der Waals surface area contributed by atoms with Crippen molar-refractivity contribution < 1.29 is 0 Å². The first-order chi connectivity index (χ1) is 52.9.